The zero-order chi connectivity index (χ0) is 35.9. The van der Waals surface area contributed by atoms with Gasteiger partial charge in [0.25, 0.3) is 5.91 Å². The number of ether oxygens (including phenoxy) is 2. The molecule has 0 radical (unpaired) electrons. The van der Waals surface area contributed by atoms with Crippen LogP contribution in [0.5, 0.6) is 5.75 Å². The Morgan fingerprint density at radius 2 is 1.51 bits per heavy atom. The first-order chi connectivity index (χ1) is 23.0. The van der Waals surface area contributed by atoms with Gasteiger partial charge in [-0.1, -0.05) is 11.6 Å². The summed E-state index contributed by atoms with van der Waals surface area (Å²) in [7, 11) is 1.35. The molecule has 20 heteroatoms. The van der Waals surface area contributed by atoms with Gasteiger partial charge in [0, 0.05) is 38.1 Å². The Kier molecular flexibility index (Phi) is 11.5. The SMILES string of the molecule is COC(=O)N1CCN(C(=O)COc2ccc3cc2CCc2cncc(c2)Nc2ncc(Cl)c(n2)N3)CC1.O=C(C(=O)C(F)(F)F)C(F)(F)F. The molecule has 3 aromatic rings. The number of nitrogens with zero attached hydrogens (tertiary/aromatic N) is 5. The molecule has 0 unspecified atom stereocenters. The van der Waals surface area contributed by atoms with Crippen LogP contribution in [-0.2, 0) is 32.0 Å². The first-order valence-electron chi connectivity index (χ1n) is 14.1. The number of hydrogen-bond donors (Lipinski definition) is 2. The van der Waals surface area contributed by atoms with Crippen LogP contribution in [0.2, 0.25) is 5.02 Å². The number of amides is 2. The van der Waals surface area contributed by atoms with Crippen molar-refractivity contribution in [3.63, 3.8) is 0 Å². The van der Waals surface area contributed by atoms with Crippen molar-refractivity contribution in [2.75, 3.05) is 50.5 Å². The number of ketones is 2. The van der Waals surface area contributed by atoms with E-state index in [9.17, 15) is 45.5 Å². The number of nitrogens with one attached hydrogen (secondary N) is 2. The molecule has 2 aliphatic rings. The Morgan fingerprint density at radius 3 is 2.14 bits per heavy atom. The number of piperazine rings is 1. The second-order valence-corrected chi connectivity index (χ2v) is 10.7. The molecule has 5 rings (SSSR count). The van der Waals surface area contributed by atoms with Crippen molar-refractivity contribution in [3.05, 3.63) is 59.0 Å². The molecule has 262 valence electrons. The number of benzene rings is 1. The summed E-state index contributed by atoms with van der Waals surface area (Å²) in [5.41, 5.74) is 3.51. The average Bonchev–Trinajstić information content (AvgIpc) is 3.07. The molecule has 0 saturated carbocycles. The van der Waals surface area contributed by atoms with Crippen LogP contribution >= 0.6 is 11.6 Å². The maximum Gasteiger partial charge on any atom is 0.458 e. The van der Waals surface area contributed by atoms with Crippen LogP contribution in [0.25, 0.3) is 0 Å². The lowest BCUT2D eigenvalue weighted by atomic mass is 10.0. The summed E-state index contributed by atoms with van der Waals surface area (Å²) in [5.74, 6) is -5.46. The molecule has 6 bridgehead atoms. The normalized spacial score (nSPS) is 14.3. The smallest absolute Gasteiger partial charge is 0.458 e. The number of carbonyl (C=O) groups is 4. The summed E-state index contributed by atoms with van der Waals surface area (Å²) >= 11 is 6.33. The second kappa shape index (κ2) is 15.3. The first kappa shape index (κ1) is 36.6. The number of halogens is 7. The largest absolute Gasteiger partial charge is 0.483 e. The molecule has 2 aliphatic heterocycles. The van der Waals surface area contributed by atoms with E-state index >= 15 is 0 Å². The van der Waals surface area contributed by atoms with Gasteiger partial charge in [-0.2, -0.15) is 31.3 Å². The van der Waals surface area contributed by atoms with Gasteiger partial charge < -0.3 is 29.9 Å². The van der Waals surface area contributed by atoms with Gasteiger partial charge in [-0.3, -0.25) is 19.4 Å². The quantitative estimate of drug-likeness (QED) is 0.286. The van der Waals surface area contributed by atoms with Crippen LogP contribution in [0.3, 0.4) is 0 Å². The summed E-state index contributed by atoms with van der Waals surface area (Å²) < 4.78 is 77.7. The first-order valence-corrected chi connectivity index (χ1v) is 14.5. The molecule has 0 aliphatic carbocycles. The maximum atomic E-state index is 12.8. The maximum absolute atomic E-state index is 12.8. The molecule has 1 fully saturated rings. The number of Topliss-reactive ketones (excluding diaryl/α,β-unsaturated/α-hetero) is 2. The standard InChI is InChI=1S/C25H26ClN7O4.C4F6O2/c1-36-25(35)33-8-6-32(7-9-33)22(34)15-37-21-5-4-18-11-17(21)3-2-16-10-19(13-27-12-16)30-24-28-14-20(26)23(29-18)31-24;5-3(6,7)1(11)2(12)4(8,9)10/h4-5,10-14H,2-3,6-9,15H2,1H3,(H2,28,29,30,31);. The minimum atomic E-state index is -5.77. The van der Waals surface area contributed by atoms with Crippen molar-refractivity contribution in [3.8, 4) is 5.75 Å². The Morgan fingerprint density at radius 1 is 0.857 bits per heavy atom. The Labute approximate surface area is 278 Å². The Bertz CT molecular complexity index is 1690. The van der Waals surface area contributed by atoms with E-state index in [-0.39, 0.29) is 18.6 Å². The molecule has 2 N–H and O–H groups in total. The van der Waals surface area contributed by atoms with E-state index in [2.05, 4.69) is 25.6 Å². The third kappa shape index (κ3) is 9.91. The summed E-state index contributed by atoms with van der Waals surface area (Å²) in [5, 5.41) is 6.79. The fraction of sp³-hybridized carbons (Fsp3) is 0.345. The number of fused-ring (bicyclic) bond motifs is 6. The van der Waals surface area contributed by atoms with Crippen LogP contribution < -0.4 is 15.4 Å². The molecule has 0 atom stereocenters. The molecular formula is C29H26ClF6N7O6. The second-order valence-electron chi connectivity index (χ2n) is 10.3. The highest BCUT2D eigenvalue weighted by Crippen LogP contribution is 2.30. The predicted octanol–water partition coefficient (Wildman–Crippen LogP) is 4.65. The molecular weight excluding hydrogens is 692 g/mol. The molecule has 1 aromatic carbocycles. The van der Waals surface area contributed by atoms with Crippen molar-refractivity contribution in [2.24, 2.45) is 0 Å². The molecule has 13 nitrogen and oxygen atoms in total. The molecule has 4 heterocycles. The molecule has 2 aromatic heterocycles. The lowest BCUT2D eigenvalue weighted by Gasteiger charge is -2.33. The van der Waals surface area contributed by atoms with Crippen LogP contribution in [0.1, 0.15) is 11.1 Å². The predicted molar refractivity (Wildman–Crippen MR) is 160 cm³/mol. The number of pyridine rings is 1. The van der Waals surface area contributed by atoms with E-state index in [1.54, 1.807) is 16.0 Å². The van der Waals surface area contributed by atoms with Crippen molar-refractivity contribution < 1.29 is 55.0 Å². The third-order valence-electron chi connectivity index (χ3n) is 6.94. The van der Waals surface area contributed by atoms with E-state index < -0.39 is 23.9 Å². The Hall–Kier alpha value is -5.20. The van der Waals surface area contributed by atoms with Gasteiger partial charge >= 0.3 is 30.0 Å². The summed E-state index contributed by atoms with van der Waals surface area (Å²) in [4.78, 5) is 60.1. The van der Waals surface area contributed by atoms with Gasteiger partial charge in [0.2, 0.25) is 5.95 Å². The number of hydrogen-bond acceptors (Lipinski definition) is 11. The number of anilines is 4. The van der Waals surface area contributed by atoms with E-state index in [0.29, 0.717) is 61.6 Å². The van der Waals surface area contributed by atoms with E-state index in [1.807, 2.05) is 30.5 Å². The van der Waals surface area contributed by atoms with Gasteiger partial charge in [0.05, 0.1) is 25.2 Å². The highest BCUT2D eigenvalue weighted by Gasteiger charge is 2.54. The fourth-order valence-electron chi connectivity index (χ4n) is 4.50. The zero-order valence-corrected chi connectivity index (χ0v) is 26.1. The summed E-state index contributed by atoms with van der Waals surface area (Å²) in [6, 6.07) is 7.65. The molecule has 1 saturated heterocycles. The number of aryl methyl sites for hydroxylation is 2. The number of carbonyl (C=O) groups excluding carboxylic acids is 4. The molecule has 49 heavy (non-hydrogen) atoms. The van der Waals surface area contributed by atoms with Crippen molar-refractivity contribution in [1.29, 1.82) is 0 Å². The van der Waals surface area contributed by atoms with Crippen LogP contribution in [0.4, 0.5) is 54.3 Å². The highest BCUT2D eigenvalue weighted by molar-refractivity contribution is 6.41. The van der Waals surface area contributed by atoms with Crippen molar-refractivity contribution >= 4 is 58.3 Å². The lowest BCUT2D eigenvalue weighted by Crippen LogP contribution is -2.51. The van der Waals surface area contributed by atoms with Crippen LogP contribution in [0, 0.1) is 0 Å². The fourth-order valence-corrected chi connectivity index (χ4v) is 4.64. The Balaban J connectivity index is 0.000000386. The third-order valence-corrected chi connectivity index (χ3v) is 7.22. The van der Waals surface area contributed by atoms with Gasteiger partial charge in [-0.05, 0) is 48.2 Å². The van der Waals surface area contributed by atoms with Crippen LogP contribution in [-0.4, -0.2) is 101 Å². The van der Waals surface area contributed by atoms with Gasteiger partial charge in [-0.25, -0.2) is 9.78 Å². The van der Waals surface area contributed by atoms with E-state index in [1.165, 1.54) is 13.3 Å². The van der Waals surface area contributed by atoms with E-state index in [4.69, 9.17) is 21.1 Å². The summed E-state index contributed by atoms with van der Waals surface area (Å²) in [6.45, 7) is 1.64. The number of aromatic nitrogens is 3. The zero-order valence-electron chi connectivity index (χ0n) is 25.3. The number of methoxy groups -OCH3 is 1. The summed E-state index contributed by atoms with van der Waals surface area (Å²) in [6.07, 6.45) is -5.49. The van der Waals surface area contributed by atoms with E-state index in [0.717, 1.165) is 22.5 Å². The van der Waals surface area contributed by atoms with Crippen molar-refractivity contribution in [1.82, 2.24) is 24.8 Å². The average molecular weight is 718 g/mol. The van der Waals surface area contributed by atoms with Crippen LogP contribution in [0.15, 0.2) is 42.9 Å². The monoisotopic (exact) mass is 717 g/mol. The van der Waals surface area contributed by atoms with Gasteiger partial charge in [-0.15, -0.1) is 0 Å². The minimum Gasteiger partial charge on any atom is -0.483 e. The molecule has 0 spiro atoms. The number of alkyl halides is 6. The van der Waals surface area contributed by atoms with Crippen molar-refractivity contribution in [2.45, 2.75) is 25.2 Å². The highest BCUT2D eigenvalue weighted by atomic mass is 35.5. The van der Waals surface area contributed by atoms with Gasteiger partial charge in [0.15, 0.2) is 12.4 Å². The molecule has 2 amide bonds. The lowest BCUT2D eigenvalue weighted by molar-refractivity contribution is -0.193. The topological polar surface area (TPSA) is 156 Å². The minimum absolute atomic E-state index is 0.0972. The number of rotatable bonds is 4. The van der Waals surface area contributed by atoms with Gasteiger partial charge in [0.1, 0.15) is 10.8 Å².